The Kier molecular flexibility index (Phi) is 5.19. The van der Waals surface area contributed by atoms with E-state index in [-0.39, 0.29) is 18.6 Å². The van der Waals surface area contributed by atoms with Crippen LogP contribution in [0.25, 0.3) is 0 Å². The Bertz CT molecular complexity index is 691. The molecule has 1 N–H and O–H groups in total. The molecule has 1 atom stereocenters. The van der Waals surface area contributed by atoms with Crippen LogP contribution in [-0.2, 0) is 11.2 Å². The topological polar surface area (TPSA) is 38.3 Å². The second-order valence-electron chi connectivity index (χ2n) is 6.72. The number of carbonyl (C=O) groups is 1. The van der Waals surface area contributed by atoms with E-state index in [2.05, 4.69) is 49.5 Å². The molecule has 2 aromatic rings. The fraction of sp³-hybridized carbons (Fsp3) is 0.381. The molecule has 0 saturated heterocycles. The molecule has 2 aromatic carbocycles. The van der Waals surface area contributed by atoms with Crippen molar-refractivity contribution in [3.05, 3.63) is 65.2 Å². The Labute approximate surface area is 144 Å². The average molecular weight is 323 g/mol. The molecule has 0 unspecified atom stereocenters. The van der Waals surface area contributed by atoms with Gasteiger partial charge in [-0.05, 0) is 54.0 Å². The Hall–Kier alpha value is -2.29. The maximum absolute atomic E-state index is 12.2. The van der Waals surface area contributed by atoms with Crippen molar-refractivity contribution >= 4 is 5.91 Å². The second kappa shape index (κ2) is 7.52. The minimum absolute atomic E-state index is 0.0553. The lowest BCUT2D eigenvalue weighted by atomic mass is 9.88. The monoisotopic (exact) mass is 323 g/mol. The van der Waals surface area contributed by atoms with Crippen molar-refractivity contribution < 1.29 is 9.53 Å². The summed E-state index contributed by atoms with van der Waals surface area (Å²) >= 11 is 0. The van der Waals surface area contributed by atoms with Crippen molar-refractivity contribution in [2.24, 2.45) is 0 Å². The first kappa shape index (κ1) is 16.6. The SMILES string of the molecule is CC(C)c1ccc(OCC(=O)N[C@@H]2CCCc3ccccc32)cc1. The van der Waals surface area contributed by atoms with Crippen LogP contribution in [0.15, 0.2) is 48.5 Å². The van der Waals surface area contributed by atoms with Gasteiger partial charge in [0, 0.05) is 0 Å². The van der Waals surface area contributed by atoms with Crippen molar-refractivity contribution in [1.29, 1.82) is 0 Å². The number of hydrogen-bond acceptors (Lipinski definition) is 2. The van der Waals surface area contributed by atoms with E-state index >= 15 is 0 Å². The zero-order chi connectivity index (χ0) is 16.9. The van der Waals surface area contributed by atoms with E-state index in [9.17, 15) is 4.79 Å². The van der Waals surface area contributed by atoms with Crippen LogP contribution in [-0.4, -0.2) is 12.5 Å². The maximum Gasteiger partial charge on any atom is 0.258 e. The number of rotatable bonds is 5. The molecule has 0 heterocycles. The number of fused-ring (bicyclic) bond motifs is 1. The highest BCUT2D eigenvalue weighted by atomic mass is 16.5. The number of ether oxygens (including phenoxy) is 1. The summed E-state index contributed by atoms with van der Waals surface area (Å²) in [6.45, 7) is 4.37. The lowest BCUT2D eigenvalue weighted by molar-refractivity contribution is -0.123. The molecule has 3 heteroatoms. The van der Waals surface area contributed by atoms with Crippen molar-refractivity contribution in [2.75, 3.05) is 6.61 Å². The second-order valence-corrected chi connectivity index (χ2v) is 6.72. The van der Waals surface area contributed by atoms with Gasteiger partial charge in [0.05, 0.1) is 6.04 Å². The van der Waals surface area contributed by atoms with Gasteiger partial charge in [0.15, 0.2) is 6.61 Å². The third-order valence-corrected chi connectivity index (χ3v) is 4.62. The largest absolute Gasteiger partial charge is 0.484 e. The minimum Gasteiger partial charge on any atom is -0.484 e. The predicted molar refractivity (Wildman–Crippen MR) is 96.3 cm³/mol. The summed E-state index contributed by atoms with van der Waals surface area (Å²) in [6, 6.07) is 16.4. The van der Waals surface area contributed by atoms with Crippen molar-refractivity contribution in [1.82, 2.24) is 5.32 Å². The third kappa shape index (κ3) is 3.97. The molecular formula is C21H25NO2. The third-order valence-electron chi connectivity index (χ3n) is 4.62. The van der Waals surface area contributed by atoms with Crippen LogP contribution in [0.2, 0.25) is 0 Å². The normalized spacial score (nSPS) is 16.5. The first-order valence-corrected chi connectivity index (χ1v) is 8.73. The summed E-state index contributed by atoms with van der Waals surface area (Å²) < 4.78 is 5.62. The summed E-state index contributed by atoms with van der Waals surface area (Å²) in [7, 11) is 0. The van der Waals surface area contributed by atoms with Crippen molar-refractivity contribution in [2.45, 2.75) is 45.1 Å². The Morgan fingerprint density at radius 2 is 1.92 bits per heavy atom. The summed E-state index contributed by atoms with van der Waals surface area (Å²) in [5.41, 5.74) is 3.86. The van der Waals surface area contributed by atoms with Gasteiger partial charge in [0.2, 0.25) is 0 Å². The highest BCUT2D eigenvalue weighted by molar-refractivity contribution is 5.78. The Morgan fingerprint density at radius 1 is 1.17 bits per heavy atom. The van der Waals surface area contributed by atoms with Crippen molar-refractivity contribution in [3.63, 3.8) is 0 Å². The smallest absolute Gasteiger partial charge is 0.258 e. The molecule has 0 bridgehead atoms. The zero-order valence-electron chi connectivity index (χ0n) is 14.4. The summed E-state index contributed by atoms with van der Waals surface area (Å²) in [4.78, 5) is 12.2. The molecule has 0 radical (unpaired) electrons. The van der Waals surface area contributed by atoms with Crippen LogP contribution >= 0.6 is 0 Å². The van der Waals surface area contributed by atoms with Gasteiger partial charge in [-0.1, -0.05) is 50.2 Å². The van der Waals surface area contributed by atoms with Gasteiger partial charge in [-0.25, -0.2) is 0 Å². The number of benzene rings is 2. The van der Waals surface area contributed by atoms with Crippen LogP contribution in [0.3, 0.4) is 0 Å². The summed E-state index contributed by atoms with van der Waals surface area (Å²) in [5, 5.41) is 3.11. The highest BCUT2D eigenvalue weighted by Crippen LogP contribution is 2.29. The van der Waals surface area contributed by atoms with Crippen LogP contribution < -0.4 is 10.1 Å². The Morgan fingerprint density at radius 3 is 2.67 bits per heavy atom. The molecule has 0 fully saturated rings. The molecule has 0 aromatic heterocycles. The molecule has 0 saturated carbocycles. The lowest BCUT2D eigenvalue weighted by Gasteiger charge is -2.26. The van der Waals surface area contributed by atoms with Gasteiger partial charge in [-0.3, -0.25) is 4.79 Å². The van der Waals surface area contributed by atoms with Crippen LogP contribution in [0.5, 0.6) is 5.75 Å². The molecule has 1 aliphatic carbocycles. The Balaban J connectivity index is 1.55. The molecule has 24 heavy (non-hydrogen) atoms. The predicted octanol–water partition coefficient (Wildman–Crippen LogP) is 4.38. The fourth-order valence-corrected chi connectivity index (χ4v) is 3.24. The first-order valence-electron chi connectivity index (χ1n) is 8.73. The van der Waals surface area contributed by atoms with E-state index in [0.29, 0.717) is 5.92 Å². The van der Waals surface area contributed by atoms with E-state index in [1.807, 2.05) is 18.2 Å². The van der Waals surface area contributed by atoms with Gasteiger partial charge in [-0.2, -0.15) is 0 Å². The molecule has 1 amide bonds. The average Bonchev–Trinajstić information content (AvgIpc) is 2.61. The molecule has 0 spiro atoms. The number of aryl methyl sites for hydroxylation is 1. The number of nitrogens with one attached hydrogen (secondary N) is 1. The number of hydrogen-bond donors (Lipinski definition) is 1. The number of carbonyl (C=O) groups excluding carboxylic acids is 1. The van der Waals surface area contributed by atoms with E-state index < -0.39 is 0 Å². The van der Waals surface area contributed by atoms with Crippen LogP contribution in [0.4, 0.5) is 0 Å². The zero-order valence-corrected chi connectivity index (χ0v) is 14.4. The minimum atomic E-state index is -0.0651. The molecule has 0 aliphatic heterocycles. The van der Waals surface area contributed by atoms with Crippen LogP contribution in [0.1, 0.15) is 55.3 Å². The molecule has 1 aliphatic rings. The maximum atomic E-state index is 12.2. The summed E-state index contributed by atoms with van der Waals surface area (Å²) in [5.74, 6) is 1.16. The molecule has 3 rings (SSSR count). The summed E-state index contributed by atoms with van der Waals surface area (Å²) in [6.07, 6.45) is 3.20. The van der Waals surface area contributed by atoms with E-state index in [1.54, 1.807) is 0 Å². The molecule has 3 nitrogen and oxygen atoms in total. The highest BCUT2D eigenvalue weighted by Gasteiger charge is 2.21. The van der Waals surface area contributed by atoms with E-state index in [1.165, 1.54) is 16.7 Å². The quantitative estimate of drug-likeness (QED) is 0.886. The van der Waals surface area contributed by atoms with Crippen molar-refractivity contribution in [3.8, 4) is 5.75 Å². The van der Waals surface area contributed by atoms with Gasteiger partial charge in [0.25, 0.3) is 5.91 Å². The lowest BCUT2D eigenvalue weighted by Crippen LogP contribution is -2.34. The van der Waals surface area contributed by atoms with Gasteiger partial charge < -0.3 is 10.1 Å². The number of amides is 1. The first-order chi connectivity index (χ1) is 11.6. The van der Waals surface area contributed by atoms with E-state index in [0.717, 1.165) is 25.0 Å². The van der Waals surface area contributed by atoms with Gasteiger partial charge >= 0.3 is 0 Å². The standard InChI is InChI=1S/C21H25NO2/c1-15(2)16-10-12-18(13-11-16)24-14-21(23)22-20-9-5-7-17-6-3-4-8-19(17)20/h3-4,6,8,10-13,15,20H,5,7,9,14H2,1-2H3,(H,22,23)/t20-/m1/s1. The van der Waals surface area contributed by atoms with Gasteiger partial charge in [0.1, 0.15) is 5.75 Å². The van der Waals surface area contributed by atoms with Crippen LogP contribution in [0, 0.1) is 0 Å². The molecule has 126 valence electrons. The molecular weight excluding hydrogens is 298 g/mol. The van der Waals surface area contributed by atoms with E-state index in [4.69, 9.17) is 4.74 Å². The fourth-order valence-electron chi connectivity index (χ4n) is 3.24. The van der Waals surface area contributed by atoms with Gasteiger partial charge in [-0.15, -0.1) is 0 Å².